The molecule has 4 nitrogen and oxygen atoms in total. The molecular formula is C15H22N2O2. The second-order valence-electron chi connectivity index (χ2n) is 5.65. The number of ether oxygens (including phenoxy) is 2. The molecule has 3 rings (SSSR count). The van der Waals surface area contributed by atoms with Gasteiger partial charge in [-0.1, -0.05) is 12.5 Å². The molecule has 1 unspecified atom stereocenters. The maximum atomic E-state index is 6.44. The van der Waals surface area contributed by atoms with Crippen molar-refractivity contribution in [2.24, 2.45) is 16.9 Å². The number of nitrogens with two attached hydrogens (primary N) is 2. The molecule has 1 atom stereocenters. The van der Waals surface area contributed by atoms with Gasteiger partial charge in [0, 0.05) is 17.9 Å². The molecule has 19 heavy (non-hydrogen) atoms. The van der Waals surface area contributed by atoms with Gasteiger partial charge in [0.1, 0.15) is 0 Å². The first-order valence-corrected chi connectivity index (χ1v) is 7.10. The Hall–Kier alpha value is -1.26. The number of hydrogen-bond donors (Lipinski definition) is 2. The van der Waals surface area contributed by atoms with E-state index in [-0.39, 0.29) is 11.5 Å². The molecular weight excluding hydrogens is 240 g/mol. The summed E-state index contributed by atoms with van der Waals surface area (Å²) in [6, 6.07) is 6.04. The summed E-state index contributed by atoms with van der Waals surface area (Å²) in [5.41, 5.74) is 13.6. The normalized spacial score (nSPS) is 22.2. The van der Waals surface area contributed by atoms with Gasteiger partial charge in [-0.05, 0) is 37.1 Å². The van der Waals surface area contributed by atoms with Crippen LogP contribution in [-0.2, 0) is 0 Å². The van der Waals surface area contributed by atoms with Gasteiger partial charge in [0.25, 0.3) is 0 Å². The van der Waals surface area contributed by atoms with Crippen LogP contribution in [0, 0.1) is 5.41 Å². The Morgan fingerprint density at radius 1 is 1.11 bits per heavy atom. The molecule has 1 aromatic carbocycles. The van der Waals surface area contributed by atoms with Crippen LogP contribution in [0.2, 0.25) is 0 Å². The third-order valence-electron chi connectivity index (χ3n) is 4.55. The second-order valence-corrected chi connectivity index (χ2v) is 5.65. The minimum absolute atomic E-state index is 0.0107. The highest BCUT2D eigenvalue weighted by Crippen LogP contribution is 2.49. The maximum absolute atomic E-state index is 6.44. The van der Waals surface area contributed by atoms with Crippen LogP contribution in [-0.4, -0.2) is 19.8 Å². The fourth-order valence-corrected chi connectivity index (χ4v) is 3.00. The van der Waals surface area contributed by atoms with Gasteiger partial charge in [-0.25, -0.2) is 0 Å². The molecule has 1 fully saturated rings. The molecule has 0 radical (unpaired) electrons. The lowest BCUT2D eigenvalue weighted by Crippen LogP contribution is -2.46. The summed E-state index contributed by atoms with van der Waals surface area (Å²) in [7, 11) is 0. The summed E-state index contributed by atoms with van der Waals surface area (Å²) < 4.78 is 11.4. The van der Waals surface area contributed by atoms with Gasteiger partial charge in [-0.3, -0.25) is 0 Å². The molecule has 1 aromatic rings. The van der Waals surface area contributed by atoms with E-state index < -0.39 is 0 Å². The van der Waals surface area contributed by atoms with E-state index in [0.717, 1.165) is 36.3 Å². The molecule has 0 saturated heterocycles. The topological polar surface area (TPSA) is 70.5 Å². The summed E-state index contributed by atoms with van der Waals surface area (Å²) in [5, 5.41) is 0. The molecule has 4 heteroatoms. The standard InChI is InChI=1S/C15H22N2O2/c16-10-15(5-1-6-15)14(17)11-3-4-12-13(9-11)19-8-2-7-18-12/h3-4,9,14H,1-2,5-8,10,16-17H2. The van der Waals surface area contributed by atoms with E-state index in [0.29, 0.717) is 19.8 Å². The van der Waals surface area contributed by atoms with Crippen LogP contribution in [0.25, 0.3) is 0 Å². The van der Waals surface area contributed by atoms with Gasteiger partial charge in [0.05, 0.1) is 13.2 Å². The predicted octanol–water partition coefficient (Wildman–Crippen LogP) is 1.98. The first-order valence-electron chi connectivity index (χ1n) is 7.10. The number of hydrogen-bond acceptors (Lipinski definition) is 4. The van der Waals surface area contributed by atoms with Crippen molar-refractivity contribution in [2.45, 2.75) is 31.7 Å². The molecule has 2 aliphatic rings. The van der Waals surface area contributed by atoms with Crippen LogP contribution < -0.4 is 20.9 Å². The average molecular weight is 262 g/mol. The Kier molecular flexibility index (Phi) is 3.37. The lowest BCUT2D eigenvalue weighted by Gasteiger charge is -2.45. The number of fused-ring (bicyclic) bond motifs is 1. The molecule has 4 N–H and O–H groups in total. The lowest BCUT2D eigenvalue weighted by molar-refractivity contribution is 0.104. The highest BCUT2D eigenvalue weighted by atomic mass is 16.5. The third kappa shape index (κ3) is 2.19. The minimum atomic E-state index is -0.0107. The zero-order valence-electron chi connectivity index (χ0n) is 11.2. The number of benzene rings is 1. The molecule has 1 saturated carbocycles. The first kappa shape index (κ1) is 12.8. The van der Waals surface area contributed by atoms with E-state index in [9.17, 15) is 0 Å². The van der Waals surface area contributed by atoms with E-state index in [1.807, 2.05) is 18.2 Å². The summed E-state index contributed by atoms with van der Waals surface area (Å²) in [5.74, 6) is 1.64. The Labute approximate surface area is 114 Å². The van der Waals surface area contributed by atoms with Crippen LogP contribution in [0.5, 0.6) is 11.5 Å². The smallest absolute Gasteiger partial charge is 0.161 e. The molecule has 0 aromatic heterocycles. The van der Waals surface area contributed by atoms with Gasteiger partial charge in [-0.15, -0.1) is 0 Å². The van der Waals surface area contributed by atoms with Crippen LogP contribution in [0.15, 0.2) is 18.2 Å². The zero-order valence-corrected chi connectivity index (χ0v) is 11.2. The van der Waals surface area contributed by atoms with Crippen molar-refractivity contribution in [1.82, 2.24) is 0 Å². The van der Waals surface area contributed by atoms with Gasteiger partial charge < -0.3 is 20.9 Å². The Bertz CT molecular complexity index is 452. The first-order chi connectivity index (χ1) is 9.25. The van der Waals surface area contributed by atoms with Gasteiger partial charge >= 0.3 is 0 Å². The van der Waals surface area contributed by atoms with Crippen molar-refractivity contribution >= 4 is 0 Å². The Morgan fingerprint density at radius 2 is 1.84 bits per heavy atom. The van der Waals surface area contributed by atoms with Gasteiger partial charge in [-0.2, -0.15) is 0 Å². The zero-order chi connectivity index (χ0) is 13.3. The fourth-order valence-electron chi connectivity index (χ4n) is 3.00. The summed E-state index contributed by atoms with van der Waals surface area (Å²) in [6.45, 7) is 2.07. The van der Waals surface area contributed by atoms with E-state index in [1.165, 1.54) is 6.42 Å². The Balaban J connectivity index is 1.87. The summed E-state index contributed by atoms with van der Waals surface area (Å²) in [6.07, 6.45) is 4.40. The molecule has 104 valence electrons. The van der Waals surface area contributed by atoms with Crippen molar-refractivity contribution in [3.8, 4) is 11.5 Å². The Morgan fingerprint density at radius 3 is 2.47 bits per heavy atom. The van der Waals surface area contributed by atoms with E-state index >= 15 is 0 Å². The fraction of sp³-hybridized carbons (Fsp3) is 0.600. The minimum Gasteiger partial charge on any atom is -0.490 e. The second kappa shape index (κ2) is 5.02. The van der Waals surface area contributed by atoms with Crippen molar-refractivity contribution < 1.29 is 9.47 Å². The quantitative estimate of drug-likeness (QED) is 0.873. The maximum Gasteiger partial charge on any atom is 0.161 e. The monoisotopic (exact) mass is 262 g/mol. The average Bonchev–Trinajstić information content (AvgIpc) is 2.62. The van der Waals surface area contributed by atoms with Gasteiger partial charge in [0.15, 0.2) is 11.5 Å². The largest absolute Gasteiger partial charge is 0.490 e. The van der Waals surface area contributed by atoms with Crippen LogP contribution in [0.4, 0.5) is 0 Å². The third-order valence-corrected chi connectivity index (χ3v) is 4.55. The molecule has 0 amide bonds. The summed E-state index contributed by atoms with van der Waals surface area (Å²) >= 11 is 0. The van der Waals surface area contributed by atoms with Crippen molar-refractivity contribution in [2.75, 3.05) is 19.8 Å². The molecule has 0 bridgehead atoms. The van der Waals surface area contributed by atoms with Crippen molar-refractivity contribution in [1.29, 1.82) is 0 Å². The van der Waals surface area contributed by atoms with Crippen molar-refractivity contribution in [3.05, 3.63) is 23.8 Å². The highest BCUT2D eigenvalue weighted by Gasteiger charge is 2.42. The summed E-state index contributed by atoms with van der Waals surface area (Å²) in [4.78, 5) is 0. The van der Waals surface area contributed by atoms with E-state index in [1.54, 1.807) is 0 Å². The van der Waals surface area contributed by atoms with Crippen molar-refractivity contribution in [3.63, 3.8) is 0 Å². The predicted molar refractivity (Wildman–Crippen MR) is 74.3 cm³/mol. The molecule has 0 spiro atoms. The number of rotatable bonds is 3. The molecule has 1 aliphatic heterocycles. The molecule has 1 aliphatic carbocycles. The lowest BCUT2D eigenvalue weighted by atomic mass is 9.63. The van der Waals surface area contributed by atoms with E-state index in [2.05, 4.69) is 0 Å². The highest BCUT2D eigenvalue weighted by molar-refractivity contribution is 5.44. The van der Waals surface area contributed by atoms with E-state index in [4.69, 9.17) is 20.9 Å². The van der Waals surface area contributed by atoms with Crippen LogP contribution >= 0.6 is 0 Å². The van der Waals surface area contributed by atoms with Crippen LogP contribution in [0.1, 0.15) is 37.3 Å². The SMILES string of the molecule is NCC1(C(N)c2ccc3c(c2)OCCCO3)CCC1. The van der Waals surface area contributed by atoms with Gasteiger partial charge in [0.2, 0.25) is 0 Å². The molecule has 1 heterocycles. The van der Waals surface area contributed by atoms with Crippen LogP contribution in [0.3, 0.4) is 0 Å².